The fourth-order valence-electron chi connectivity index (χ4n) is 1.93. The van der Waals surface area contributed by atoms with E-state index < -0.39 is 6.10 Å². The summed E-state index contributed by atoms with van der Waals surface area (Å²) in [5.74, 6) is 1.69. The quantitative estimate of drug-likeness (QED) is 0.763. The maximum Gasteiger partial charge on any atom is 0.134 e. The van der Waals surface area contributed by atoms with Crippen LogP contribution in [0.4, 0.5) is 0 Å². The van der Waals surface area contributed by atoms with Crippen LogP contribution in [0.1, 0.15) is 23.2 Å². The Kier molecular flexibility index (Phi) is 3.09. The molecule has 0 amide bonds. The molecule has 84 valence electrons. The molecule has 15 heavy (non-hydrogen) atoms. The largest absolute Gasteiger partial charge is 0.462 e. The third-order valence-corrected chi connectivity index (χ3v) is 2.82. The van der Waals surface area contributed by atoms with Crippen LogP contribution >= 0.6 is 0 Å². The Bertz CT molecular complexity index is 335. The molecule has 0 aromatic carbocycles. The van der Waals surface area contributed by atoms with Crippen LogP contribution in [0, 0.1) is 0 Å². The normalized spacial score (nSPS) is 18.9. The van der Waals surface area contributed by atoms with Gasteiger partial charge in [0.2, 0.25) is 0 Å². The van der Waals surface area contributed by atoms with Crippen molar-refractivity contribution in [2.75, 3.05) is 27.2 Å². The first-order valence-electron chi connectivity index (χ1n) is 5.33. The Labute approximate surface area is 89.9 Å². The lowest BCUT2D eigenvalue weighted by Gasteiger charge is -2.20. The summed E-state index contributed by atoms with van der Waals surface area (Å²) in [7, 11) is 3.90. The number of fused-ring (bicyclic) bond motifs is 1. The van der Waals surface area contributed by atoms with E-state index in [1.807, 2.05) is 13.1 Å². The predicted octanol–water partition coefficient (Wildman–Crippen LogP) is 0.520. The molecule has 4 nitrogen and oxygen atoms in total. The molecule has 1 aromatic heterocycles. The number of furan rings is 1. The molecular weight excluding hydrogens is 192 g/mol. The predicted molar refractivity (Wildman–Crippen MR) is 57.6 cm³/mol. The molecule has 0 bridgehead atoms. The second kappa shape index (κ2) is 4.35. The third kappa shape index (κ3) is 2.22. The maximum atomic E-state index is 9.77. The SMILES string of the molecule is CNCC(O)c1cc2c(o1)CN(C)CC2. The molecule has 1 unspecified atom stereocenters. The molecule has 4 heteroatoms. The summed E-state index contributed by atoms with van der Waals surface area (Å²) < 4.78 is 5.66. The first-order valence-corrected chi connectivity index (χ1v) is 5.33. The molecule has 2 rings (SSSR count). The lowest BCUT2D eigenvalue weighted by molar-refractivity contribution is 0.145. The number of rotatable bonds is 3. The van der Waals surface area contributed by atoms with Gasteiger partial charge in [-0.15, -0.1) is 0 Å². The molecule has 0 fully saturated rings. The van der Waals surface area contributed by atoms with Crippen LogP contribution in [0.15, 0.2) is 10.5 Å². The van der Waals surface area contributed by atoms with Gasteiger partial charge in [0.1, 0.15) is 17.6 Å². The van der Waals surface area contributed by atoms with E-state index in [1.54, 1.807) is 0 Å². The zero-order valence-corrected chi connectivity index (χ0v) is 9.29. The summed E-state index contributed by atoms with van der Waals surface area (Å²) >= 11 is 0. The Morgan fingerprint density at radius 1 is 1.67 bits per heavy atom. The molecule has 0 saturated carbocycles. The standard InChI is InChI=1S/C11H18N2O2/c1-12-6-9(14)10-5-8-3-4-13(2)7-11(8)15-10/h5,9,12,14H,3-4,6-7H2,1-2H3. The molecule has 1 atom stereocenters. The molecule has 1 aliphatic heterocycles. The molecule has 1 aliphatic rings. The van der Waals surface area contributed by atoms with Crippen molar-refractivity contribution in [3.05, 3.63) is 23.2 Å². The molecule has 2 N–H and O–H groups in total. The van der Waals surface area contributed by atoms with E-state index in [9.17, 15) is 5.11 Å². The summed E-state index contributed by atoms with van der Waals surface area (Å²) in [6.45, 7) is 2.44. The van der Waals surface area contributed by atoms with Gasteiger partial charge in [-0.25, -0.2) is 0 Å². The van der Waals surface area contributed by atoms with Gasteiger partial charge in [-0.1, -0.05) is 0 Å². The summed E-state index contributed by atoms with van der Waals surface area (Å²) in [4.78, 5) is 2.22. The van der Waals surface area contributed by atoms with Gasteiger partial charge in [-0.3, -0.25) is 4.90 Å². The molecular formula is C11H18N2O2. The molecule has 0 spiro atoms. The Morgan fingerprint density at radius 2 is 2.47 bits per heavy atom. The van der Waals surface area contributed by atoms with Gasteiger partial charge in [0, 0.05) is 13.1 Å². The third-order valence-electron chi connectivity index (χ3n) is 2.82. The first kappa shape index (κ1) is 10.7. The van der Waals surface area contributed by atoms with E-state index in [2.05, 4.69) is 17.3 Å². The molecule has 0 aliphatic carbocycles. The summed E-state index contributed by atoms with van der Waals surface area (Å²) in [5, 5.41) is 12.7. The highest BCUT2D eigenvalue weighted by Crippen LogP contribution is 2.25. The topological polar surface area (TPSA) is 48.6 Å². The highest BCUT2D eigenvalue weighted by atomic mass is 16.4. The number of nitrogens with one attached hydrogen (secondary N) is 1. The minimum Gasteiger partial charge on any atom is -0.462 e. The number of likely N-dealkylation sites (N-methyl/N-ethyl adjacent to an activating group) is 2. The maximum absolute atomic E-state index is 9.77. The van der Waals surface area contributed by atoms with E-state index in [0.29, 0.717) is 12.3 Å². The zero-order valence-electron chi connectivity index (χ0n) is 9.29. The molecule has 0 saturated heterocycles. The summed E-state index contributed by atoms with van der Waals surface area (Å²) in [5.41, 5.74) is 1.25. The number of aliphatic hydroxyl groups excluding tert-OH is 1. The lowest BCUT2D eigenvalue weighted by Crippen LogP contribution is -2.25. The molecule has 2 heterocycles. The number of aliphatic hydroxyl groups is 1. The van der Waals surface area contributed by atoms with E-state index in [-0.39, 0.29) is 0 Å². The van der Waals surface area contributed by atoms with Gasteiger partial charge in [-0.05, 0) is 32.1 Å². The molecule has 1 aromatic rings. The molecule has 0 radical (unpaired) electrons. The van der Waals surface area contributed by atoms with Crippen molar-refractivity contribution in [2.45, 2.75) is 19.1 Å². The summed E-state index contributed by atoms with van der Waals surface area (Å²) in [6.07, 6.45) is 0.479. The zero-order chi connectivity index (χ0) is 10.8. The highest BCUT2D eigenvalue weighted by Gasteiger charge is 2.20. The fraction of sp³-hybridized carbons (Fsp3) is 0.636. The van der Waals surface area contributed by atoms with Crippen molar-refractivity contribution in [1.29, 1.82) is 0 Å². The van der Waals surface area contributed by atoms with Gasteiger partial charge < -0.3 is 14.8 Å². The van der Waals surface area contributed by atoms with Crippen LogP contribution in [-0.4, -0.2) is 37.2 Å². The summed E-state index contributed by atoms with van der Waals surface area (Å²) in [6, 6.07) is 1.99. The Hall–Kier alpha value is -0.840. The van der Waals surface area contributed by atoms with Crippen LogP contribution in [0.2, 0.25) is 0 Å². The van der Waals surface area contributed by atoms with Gasteiger partial charge in [-0.2, -0.15) is 0 Å². The van der Waals surface area contributed by atoms with Gasteiger partial charge in [0.15, 0.2) is 0 Å². The second-order valence-corrected chi connectivity index (χ2v) is 4.16. The smallest absolute Gasteiger partial charge is 0.134 e. The fourth-order valence-corrected chi connectivity index (χ4v) is 1.93. The van der Waals surface area contributed by atoms with Crippen LogP contribution in [0.25, 0.3) is 0 Å². The number of hydrogen-bond acceptors (Lipinski definition) is 4. The van der Waals surface area contributed by atoms with Crippen molar-refractivity contribution >= 4 is 0 Å². The van der Waals surface area contributed by atoms with Crippen molar-refractivity contribution < 1.29 is 9.52 Å². The van der Waals surface area contributed by atoms with Crippen LogP contribution < -0.4 is 5.32 Å². The number of hydrogen-bond donors (Lipinski definition) is 2. The monoisotopic (exact) mass is 210 g/mol. The highest BCUT2D eigenvalue weighted by molar-refractivity contribution is 5.25. The van der Waals surface area contributed by atoms with Crippen LogP contribution in [-0.2, 0) is 13.0 Å². The minimum absolute atomic E-state index is 0.530. The van der Waals surface area contributed by atoms with E-state index in [0.717, 1.165) is 25.3 Å². The first-order chi connectivity index (χ1) is 7.20. The number of nitrogens with zero attached hydrogens (tertiary/aromatic N) is 1. The van der Waals surface area contributed by atoms with E-state index in [4.69, 9.17) is 4.42 Å². The van der Waals surface area contributed by atoms with E-state index >= 15 is 0 Å². The second-order valence-electron chi connectivity index (χ2n) is 4.16. The lowest BCUT2D eigenvalue weighted by atomic mass is 10.1. The van der Waals surface area contributed by atoms with E-state index in [1.165, 1.54) is 5.56 Å². The Balaban J connectivity index is 2.15. The van der Waals surface area contributed by atoms with Gasteiger partial charge in [0.25, 0.3) is 0 Å². The Morgan fingerprint density at radius 3 is 3.20 bits per heavy atom. The van der Waals surface area contributed by atoms with Crippen molar-refractivity contribution in [3.8, 4) is 0 Å². The minimum atomic E-state index is -0.536. The van der Waals surface area contributed by atoms with Crippen molar-refractivity contribution in [1.82, 2.24) is 10.2 Å². The van der Waals surface area contributed by atoms with Gasteiger partial charge in [0.05, 0.1) is 6.54 Å². The average Bonchev–Trinajstić information content (AvgIpc) is 2.60. The van der Waals surface area contributed by atoms with Crippen LogP contribution in [0.3, 0.4) is 0 Å². The van der Waals surface area contributed by atoms with Crippen molar-refractivity contribution in [2.24, 2.45) is 0 Å². The van der Waals surface area contributed by atoms with Crippen molar-refractivity contribution in [3.63, 3.8) is 0 Å². The van der Waals surface area contributed by atoms with Gasteiger partial charge >= 0.3 is 0 Å². The van der Waals surface area contributed by atoms with Crippen LogP contribution in [0.5, 0.6) is 0 Å². The average molecular weight is 210 g/mol.